The summed E-state index contributed by atoms with van der Waals surface area (Å²) >= 11 is 5.51. The SMILES string of the molecule is ClCc1ccc[nH+]c1.[Cl-]. The second-order valence-electron chi connectivity index (χ2n) is 1.55. The van der Waals surface area contributed by atoms with E-state index in [9.17, 15) is 0 Å². The molecule has 1 nitrogen and oxygen atoms in total. The van der Waals surface area contributed by atoms with Gasteiger partial charge in [-0.05, 0) is 6.07 Å². The van der Waals surface area contributed by atoms with Crippen LogP contribution in [0.4, 0.5) is 0 Å². The highest BCUT2D eigenvalue weighted by atomic mass is 35.5. The maximum Gasteiger partial charge on any atom is 0.171 e. The summed E-state index contributed by atoms with van der Waals surface area (Å²) in [6, 6.07) is 3.90. The standard InChI is InChI=1S/C6H6ClN.ClH/c7-4-6-2-1-3-8-5-6;/h1-3,5H,4H2;1H. The van der Waals surface area contributed by atoms with Crippen molar-refractivity contribution in [3.8, 4) is 0 Å². The van der Waals surface area contributed by atoms with Crippen molar-refractivity contribution < 1.29 is 17.4 Å². The van der Waals surface area contributed by atoms with Crippen LogP contribution in [0.1, 0.15) is 5.56 Å². The van der Waals surface area contributed by atoms with Gasteiger partial charge >= 0.3 is 0 Å². The zero-order valence-corrected chi connectivity index (χ0v) is 6.28. The average molecular weight is 164 g/mol. The van der Waals surface area contributed by atoms with Crippen molar-refractivity contribution in [2.24, 2.45) is 0 Å². The Morgan fingerprint density at radius 1 is 1.56 bits per heavy atom. The first-order valence-corrected chi connectivity index (χ1v) is 2.98. The molecular weight excluding hydrogens is 157 g/mol. The molecule has 1 N–H and O–H groups in total. The molecule has 0 radical (unpaired) electrons. The molecule has 0 aliphatic rings. The fourth-order valence-corrected chi connectivity index (χ4v) is 0.680. The molecule has 1 aromatic heterocycles. The van der Waals surface area contributed by atoms with Gasteiger partial charge in [-0.3, -0.25) is 0 Å². The summed E-state index contributed by atoms with van der Waals surface area (Å²) in [5.74, 6) is 0.581. The van der Waals surface area contributed by atoms with Crippen LogP contribution in [0.25, 0.3) is 0 Å². The molecule has 1 aromatic rings. The molecule has 0 bridgehead atoms. The highest BCUT2D eigenvalue weighted by Gasteiger charge is 1.87. The van der Waals surface area contributed by atoms with Crippen LogP contribution in [0.5, 0.6) is 0 Å². The van der Waals surface area contributed by atoms with Gasteiger partial charge in [0.05, 0.1) is 5.88 Å². The summed E-state index contributed by atoms with van der Waals surface area (Å²) in [4.78, 5) is 2.93. The fourth-order valence-electron chi connectivity index (χ4n) is 0.514. The van der Waals surface area contributed by atoms with Crippen LogP contribution < -0.4 is 17.4 Å². The molecule has 1 heterocycles. The molecule has 0 fully saturated rings. The van der Waals surface area contributed by atoms with Crippen molar-refractivity contribution in [2.45, 2.75) is 5.88 Å². The van der Waals surface area contributed by atoms with Crippen molar-refractivity contribution in [2.75, 3.05) is 0 Å². The molecule has 0 atom stereocenters. The third kappa shape index (κ3) is 2.68. The van der Waals surface area contributed by atoms with Crippen LogP contribution in [0.2, 0.25) is 0 Å². The fraction of sp³-hybridized carbons (Fsp3) is 0.167. The predicted octanol–water partition coefficient (Wildman–Crippen LogP) is -1.76. The van der Waals surface area contributed by atoms with Crippen molar-refractivity contribution in [1.82, 2.24) is 0 Å². The van der Waals surface area contributed by atoms with Gasteiger partial charge in [-0.1, -0.05) is 0 Å². The van der Waals surface area contributed by atoms with Crippen LogP contribution >= 0.6 is 11.6 Å². The minimum absolute atomic E-state index is 0. The van der Waals surface area contributed by atoms with E-state index in [1.54, 1.807) is 0 Å². The van der Waals surface area contributed by atoms with Gasteiger partial charge in [0.25, 0.3) is 0 Å². The molecule has 0 unspecified atom stereocenters. The number of aromatic nitrogens is 1. The third-order valence-corrected chi connectivity index (χ3v) is 1.23. The van der Waals surface area contributed by atoms with E-state index in [-0.39, 0.29) is 12.4 Å². The number of hydrogen-bond acceptors (Lipinski definition) is 0. The van der Waals surface area contributed by atoms with Crippen molar-refractivity contribution in [3.63, 3.8) is 0 Å². The lowest BCUT2D eigenvalue weighted by Crippen LogP contribution is -3.00. The number of H-pyrrole nitrogens is 1. The average Bonchev–Trinajstić information content (AvgIpc) is 1.90. The number of rotatable bonds is 1. The van der Waals surface area contributed by atoms with Crippen LogP contribution in [-0.2, 0) is 5.88 Å². The monoisotopic (exact) mass is 163 g/mol. The second kappa shape index (κ2) is 4.59. The summed E-state index contributed by atoms with van der Waals surface area (Å²) in [5.41, 5.74) is 1.12. The normalized spacial score (nSPS) is 8.11. The lowest BCUT2D eigenvalue weighted by atomic mass is 10.3. The van der Waals surface area contributed by atoms with E-state index in [1.165, 1.54) is 0 Å². The quantitative estimate of drug-likeness (QED) is 0.437. The Morgan fingerprint density at radius 3 is 2.67 bits per heavy atom. The largest absolute Gasteiger partial charge is 1.00 e. The van der Waals surface area contributed by atoms with Gasteiger partial charge in [-0.2, -0.15) is 0 Å². The summed E-state index contributed by atoms with van der Waals surface area (Å²) < 4.78 is 0. The molecule has 0 spiro atoms. The van der Waals surface area contributed by atoms with E-state index in [4.69, 9.17) is 11.6 Å². The van der Waals surface area contributed by atoms with Crippen molar-refractivity contribution in [1.29, 1.82) is 0 Å². The van der Waals surface area contributed by atoms with Gasteiger partial charge in [-0.25, -0.2) is 4.98 Å². The first-order chi connectivity index (χ1) is 3.93. The lowest BCUT2D eigenvalue weighted by Gasteiger charge is -1.82. The Labute approximate surface area is 65.5 Å². The van der Waals surface area contributed by atoms with E-state index < -0.39 is 0 Å². The minimum atomic E-state index is 0. The molecule has 9 heavy (non-hydrogen) atoms. The maximum absolute atomic E-state index is 5.51. The number of pyridine rings is 1. The van der Waals surface area contributed by atoms with Crippen molar-refractivity contribution >= 4 is 11.6 Å². The van der Waals surface area contributed by atoms with Crippen LogP contribution in [0, 0.1) is 0 Å². The van der Waals surface area contributed by atoms with Gasteiger partial charge in [0, 0.05) is 11.6 Å². The third-order valence-electron chi connectivity index (χ3n) is 0.926. The topological polar surface area (TPSA) is 14.1 Å². The summed E-state index contributed by atoms with van der Waals surface area (Å²) in [6.45, 7) is 0. The summed E-state index contributed by atoms with van der Waals surface area (Å²) in [5, 5.41) is 0. The molecule has 1 rings (SSSR count). The number of hydrogen-bond donors (Lipinski definition) is 0. The second-order valence-corrected chi connectivity index (χ2v) is 1.81. The van der Waals surface area contributed by atoms with E-state index in [0.29, 0.717) is 5.88 Å². The van der Waals surface area contributed by atoms with Gasteiger partial charge in [0.2, 0.25) is 0 Å². The molecule has 0 aliphatic heterocycles. The van der Waals surface area contributed by atoms with Crippen LogP contribution in [0.15, 0.2) is 24.5 Å². The van der Waals surface area contributed by atoms with Gasteiger partial charge < -0.3 is 12.4 Å². The summed E-state index contributed by atoms with van der Waals surface area (Å²) in [7, 11) is 0. The molecule has 0 amide bonds. The molecule has 0 aliphatic carbocycles. The summed E-state index contributed by atoms with van der Waals surface area (Å²) in [6.07, 6.45) is 3.74. The van der Waals surface area contributed by atoms with Gasteiger partial charge in [0.1, 0.15) is 0 Å². The first kappa shape index (κ1) is 8.73. The van der Waals surface area contributed by atoms with Crippen molar-refractivity contribution in [3.05, 3.63) is 30.1 Å². The molecule has 0 saturated heterocycles. The van der Waals surface area contributed by atoms with E-state index in [2.05, 4.69) is 4.98 Å². The Balaban J connectivity index is 0.000000640. The van der Waals surface area contributed by atoms with E-state index in [0.717, 1.165) is 5.56 Å². The highest BCUT2D eigenvalue weighted by molar-refractivity contribution is 6.17. The maximum atomic E-state index is 5.51. The number of alkyl halides is 1. The number of halogens is 2. The zero-order valence-electron chi connectivity index (χ0n) is 4.77. The Morgan fingerprint density at radius 2 is 2.33 bits per heavy atom. The molecule has 3 heteroatoms. The number of aromatic amines is 1. The minimum Gasteiger partial charge on any atom is -1.00 e. The molecular formula is C6H7Cl2N. The lowest BCUT2D eigenvalue weighted by molar-refractivity contribution is -0.378. The Kier molecular flexibility index (Phi) is 4.46. The highest BCUT2D eigenvalue weighted by Crippen LogP contribution is 1.96. The van der Waals surface area contributed by atoms with E-state index >= 15 is 0 Å². The molecule has 0 saturated carbocycles. The van der Waals surface area contributed by atoms with E-state index in [1.807, 2.05) is 24.5 Å². The smallest absolute Gasteiger partial charge is 0.171 e. The number of nitrogens with one attached hydrogen (secondary N) is 1. The predicted molar refractivity (Wildman–Crippen MR) is 32.6 cm³/mol. The first-order valence-electron chi connectivity index (χ1n) is 2.44. The zero-order chi connectivity index (χ0) is 5.82. The van der Waals surface area contributed by atoms with Gasteiger partial charge in [-0.15, -0.1) is 11.6 Å². The Bertz CT molecular complexity index is 152. The molecule has 0 aromatic carbocycles. The van der Waals surface area contributed by atoms with Gasteiger partial charge in [0.15, 0.2) is 12.4 Å². The molecule has 50 valence electrons. The van der Waals surface area contributed by atoms with Crippen LogP contribution in [-0.4, -0.2) is 0 Å². The Hall–Kier alpha value is -0.270. The van der Waals surface area contributed by atoms with Crippen LogP contribution in [0.3, 0.4) is 0 Å².